The Balaban J connectivity index is 0.000000980. The molecule has 2 fully saturated rings. The Bertz CT molecular complexity index is 204. The molecule has 0 radical (unpaired) electrons. The minimum absolute atomic E-state index is 0. The van der Waals surface area contributed by atoms with Crippen LogP contribution in [0.15, 0.2) is 0 Å². The van der Waals surface area contributed by atoms with Gasteiger partial charge in [0.2, 0.25) is 5.91 Å². The molecule has 0 aromatic heterocycles. The van der Waals surface area contributed by atoms with E-state index < -0.39 is 0 Å². The molecule has 0 aromatic carbocycles. The van der Waals surface area contributed by atoms with E-state index in [0.717, 1.165) is 26.1 Å². The summed E-state index contributed by atoms with van der Waals surface area (Å²) in [6.07, 6.45) is 3.45. The molecule has 0 aliphatic carbocycles. The van der Waals surface area contributed by atoms with E-state index in [1.54, 1.807) is 0 Å². The van der Waals surface area contributed by atoms with Crippen molar-refractivity contribution in [2.75, 3.05) is 19.6 Å². The number of nitrogens with zero attached hydrogens (tertiary/aromatic N) is 1. The first kappa shape index (κ1) is 11.8. The van der Waals surface area contributed by atoms with Crippen LogP contribution in [-0.2, 0) is 4.79 Å². The second-order valence-corrected chi connectivity index (χ2v) is 4.22. The highest BCUT2D eigenvalue weighted by Crippen LogP contribution is 2.22. The van der Waals surface area contributed by atoms with Crippen LogP contribution in [0, 0.1) is 5.92 Å². The fourth-order valence-corrected chi connectivity index (χ4v) is 2.31. The maximum atomic E-state index is 11.7. The zero-order chi connectivity index (χ0) is 9.26. The van der Waals surface area contributed by atoms with Crippen molar-refractivity contribution in [3.63, 3.8) is 0 Å². The molecule has 14 heavy (non-hydrogen) atoms. The molecule has 4 heteroatoms. The van der Waals surface area contributed by atoms with Gasteiger partial charge in [0.05, 0.1) is 0 Å². The molecule has 82 valence electrons. The molecule has 0 aromatic rings. The number of hydrogen-bond donors (Lipinski definition) is 1. The van der Waals surface area contributed by atoms with Crippen molar-refractivity contribution in [1.29, 1.82) is 0 Å². The molecule has 1 N–H and O–H groups in total. The first-order valence-electron chi connectivity index (χ1n) is 5.30. The minimum atomic E-state index is 0. The minimum Gasteiger partial charge on any atom is -0.338 e. The molecule has 2 aliphatic heterocycles. The van der Waals surface area contributed by atoms with Crippen LogP contribution in [0.2, 0.25) is 0 Å². The molecule has 2 atom stereocenters. The number of carbonyl (C=O) groups excluding carboxylic acids is 1. The van der Waals surface area contributed by atoms with Gasteiger partial charge < -0.3 is 10.2 Å². The topological polar surface area (TPSA) is 32.3 Å². The predicted octanol–water partition coefficient (Wildman–Crippen LogP) is 1.03. The standard InChI is InChI=1S/C10H18N2O.ClH/c1-8-4-6-12(10(8)13)9-3-2-5-11-7-9;/h8-9,11H,2-7H2,1H3;1H. The Hall–Kier alpha value is -0.280. The summed E-state index contributed by atoms with van der Waals surface area (Å²) in [5, 5.41) is 3.35. The lowest BCUT2D eigenvalue weighted by Gasteiger charge is -2.31. The predicted molar refractivity (Wildman–Crippen MR) is 58.6 cm³/mol. The summed E-state index contributed by atoms with van der Waals surface area (Å²) in [5.41, 5.74) is 0. The van der Waals surface area contributed by atoms with Crippen LogP contribution in [-0.4, -0.2) is 36.5 Å². The van der Waals surface area contributed by atoms with E-state index in [4.69, 9.17) is 0 Å². The molecule has 0 bridgehead atoms. The van der Waals surface area contributed by atoms with Crippen molar-refractivity contribution in [1.82, 2.24) is 10.2 Å². The van der Waals surface area contributed by atoms with Gasteiger partial charge in [0.1, 0.15) is 0 Å². The molecule has 2 heterocycles. The van der Waals surface area contributed by atoms with Gasteiger partial charge in [-0.05, 0) is 25.8 Å². The van der Waals surface area contributed by atoms with E-state index in [1.807, 2.05) is 6.92 Å². The summed E-state index contributed by atoms with van der Waals surface area (Å²) >= 11 is 0. The molecular weight excluding hydrogens is 200 g/mol. The Morgan fingerprint density at radius 3 is 2.71 bits per heavy atom. The van der Waals surface area contributed by atoms with Crippen molar-refractivity contribution >= 4 is 18.3 Å². The van der Waals surface area contributed by atoms with Gasteiger partial charge in [-0.15, -0.1) is 12.4 Å². The first-order chi connectivity index (χ1) is 6.29. The Kier molecular flexibility index (Phi) is 4.20. The number of piperidine rings is 1. The third kappa shape index (κ3) is 2.20. The number of rotatable bonds is 1. The number of halogens is 1. The number of nitrogens with one attached hydrogen (secondary N) is 1. The monoisotopic (exact) mass is 218 g/mol. The maximum Gasteiger partial charge on any atom is 0.225 e. The molecule has 1 amide bonds. The van der Waals surface area contributed by atoms with Gasteiger partial charge in [0.25, 0.3) is 0 Å². The zero-order valence-electron chi connectivity index (χ0n) is 8.66. The summed E-state index contributed by atoms with van der Waals surface area (Å²) in [4.78, 5) is 13.8. The normalized spacial score (nSPS) is 32.9. The molecule has 0 saturated carbocycles. The SMILES string of the molecule is CC1CCN(C2CCCNC2)C1=O.Cl. The van der Waals surface area contributed by atoms with Gasteiger partial charge in [-0.3, -0.25) is 4.79 Å². The van der Waals surface area contributed by atoms with E-state index in [-0.39, 0.29) is 18.3 Å². The van der Waals surface area contributed by atoms with Crippen LogP contribution in [0.5, 0.6) is 0 Å². The number of amides is 1. The van der Waals surface area contributed by atoms with Crippen LogP contribution in [0.3, 0.4) is 0 Å². The van der Waals surface area contributed by atoms with Crippen LogP contribution < -0.4 is 5.32 Å². The third-order valence-electron chi connectivity index (χ3n) is 3.22. The lowest BCUT2D eigenvalue weighted by Crippen LogP contribution is -2.46. The Labute approximate surface area is 91.6 Å². The summed E-state index contributed by atoms with van der Waals surface area (Å²) in [6.45, 7) is 5.14. The number of likely N-dealkylation sites (tertiary alicyclic amines) is 1. The number of hydrogen-bond acceptors (Lipinski definition) is 2. The van der Waals surface area contributed by atoms with Crippen molar-refractivity contribution in [2.45, 2.75) is 32.2 Å². The molecule has 2 rings (SSSR count). The first-order valence-corrected chi connectivity index (χ1v) is 5.30. The molecule has 2 aliphatic rings. The second kappa shape index (κ2) is 4.99. The van der Waals surface area contributed by atoms with Gasteiger partial charge in [0.15, 0.2) is 0 Å². The van der Waals surface area contributed by atoms with E-state index in [1.165, 1.54) is 12.8 Å². The highest BCUT2D eigenvalue weighted by Gasteiger charge is 2.33. The van der Waals surface area contributed by atoms with Crippen LogP contribution >= 0.6 is 12.4 Å². The van der Waals surface area contributed by atoms with Crippen LogP contribution in [0.1, 0.15) is 26.2 Å². The largest absolute Gasteiger partial charge is 0.338 e. The van der Waals surface area contributed by atoms with Gasteiger partial charge in [-0.1, -0.05) is 6.92 Å². The fourth-order valence-electron chi connectivity index (χ4n) is 2.31. The molecule has 3 nitrogen and oxygen atoms in total. The third-order valence-corrected chi connectivity index (χ3v) is 3.22. The van der Waals surface area contributed by atoms with Gasteiger partial charge >= 0.3 is 0 Å². The summed E-state index contributed by atoms with van der Waals surface area (Å²) < 4.78 is 0. The smallest absolute Gasteiger partial charge is 0.225 e. The van der Waals surface area contributed by atoms with E-state index >= 15 is 0 Å². The highest BCUT2D eigenvalue weighted by molar-refractivity contribution is 5.85. The molecule has 2 saturated heterocycles. The Morgan fingerprint density at radius 2 is 2.21 bits per heavy atom. The lowest BCUT2D eigenvalue weighted by atomic mass is 10.1. The zero-order valence-corrected chi connectivity index (χ0v) is 9.48. The summed E-state index contributed by atoms with van der Waals surface area (Å²) in [7, 11) is 0. The fraction of sp³-hybridized carbons (Fsp3) is 0.900. The summed E-state index contributed by atoms with van der Waals surface area (Å²) in [6, 6.07) is 0.478. The second-order valence-electron chi connectivity index (χ2n) is 4.22. The average Bonchev–Trinajstić information content (AvgIpc) is 2.49. The quantitative estimate of drug-likeness (QED) is 0.713. The van der Waals surface area contributed by atoms with Gasteiger partial charge in [-0.25, -0.2) is 0 Å². The number of carbonyl (C=O) groups is 1. The van der Waals surface area contributed by atoms with Gasteiger partial charge in [0, 0.05) is 25.0 Å². The van der Waals surface area contributed by atoms with Crippen molar-refractivity contribution in [3.05, 3.63) is 0 Å². The average molecular weight is 219 g/mol. The van der Waals surface area contributed by atoms with Crippen LogP contribution in [0.25, 0.3) is 0 Å². The Morgan fingerprint density at radius 1 is 1.43 bits per heavy atom. The molecule has 2 unspecified atom stereocenters. The maximum absolute atomic E-state index is 11.7. The lowest BCUT2D eigenvalue weighted by molar-refractivity contribution is -0.132. The van der Waals surface area contributed by atoms with E-state index in [2.05, 4.69) is 10.2 Å². The molecular formula is C10H19ClN2O. The van der Waals surface area contributed by atoms with Crippen molar-refractivity contribution in [2.24, 2.45) is 5.92 Å². The van der Waals surface area contributed by atoms with Gasteiger partial charge in [-0.2, -0.15) is 0 Å². The highest BCUT2D eigenvalue weighted by atomic mass is 35.5. The van der Waals surface area contributed by atoms with Crippen molar-refractivity contribution < 1.29 is 4.79 Å². The van der Waals surface area contributed by atoms with E-state index in [9.17, 15) is 4.79 Å². The van der Waals surface area contributed by atoms with E-state index in [0.29, 0.717) is 11.9 Å². The summed E-state index contributed by atoms with van der Waals surface area (Å²) in [5.74, 6) is 0.635. The van der Waals surface area contributed by atoms with Crippen molar-refractivity contribution in [3.8, 4) is 0 Å². The molecule has 0 spiro atoms. The van der Waals surface area contributed by atoms with Crippen LogP contribution in [0.4, 0.5) is 0 Å².